The van der Waals surface area contributed by atoms with Crippen LogP contribution in [0.4, 0.5) is 5.69 Å². The van der Waals surface area contributed by atoms with Gasteiger partial charge >= 0.3 is 0 Å². The SMILES string of the molecule is CN(C)CCOc1ccc(NC(=O)C2CCNCC2)cc1.Cl. The van der Waals surface area contributed by atoms with Crippen molar-refractivity contribution in [1.82, 2.24) is 10.2 Å². The molecule has 1 aliphatic heterocycles. The Morgan fingerprint density at radius 3 is 2.50 bits per heavy atom. The summed E-state index contributed by atoms with van der Waals surface area (Å²) in [4.78, 5) is 14.2. The standard InChI is InChI=1S/C16H25N3O2.ClH/c1-19(2)11-12-21-15-5-3-14(4-6-15)18-16(20)13-7-9-17-10-8-13;/h3-6,13,17H,7-12H2,1-2H3,(H,18,20);1H. The highest BCUT2D eigenvalue weighted by atomic mass is 35.5. The molecule has 5 nitrogen and oxygen atoms in total. The van der Waals surface area contributed by atoms with Crippen molar-refractivity contribution in [2.75, 3.05) is 45.7 Å². The van der Waals surface area contributed by atoms with E-state index in [0.717, 1.165) is 43.9 Å². The number of ether oxygens (including phenoxy) is 1. The predicted molar refractivity (Wildman–Crippen MR) is 92.0 cm³/mol. The minimum atomic E-state index is 0. The van der Waals surface area contributed by atoms with Gasteiger partial charge in [-0.25, -0.2) is 0 Å². The van der Waals surface area contributed by atoms with Crippen molar-refractivity contribution < 1.29 is 9.53 Å². The average molecular weight is 328 g/mol. The quantitative estimate of drug-likeness (QED) is 0.839. The Balaban J connectivity index is 0.00000242. The number of benzene rings is 1. The van der Waals surface area contributed by atoms with Gasteiger partial charge in [0.2, 0.25) is 5.91 Å². The van der Waals surface area contributed by atoms with Crippen molar-refractivity contribution in [3.05, 3.63) is 24.3 Å². The maximum Gasteiger partial charge on any atom is 0.227 e. The van der Waals surface area contributed by atoms with E-state index in [1.165, 1.54) is 0 Å². The van der Waals surface area contributed by atoms with Crippen LogP contribution in [0, 0.1) is 5.92 Å². The van der Waals surface area contributed by atoms with Gasteiger partial charge in [0.15, 0.2) is 0 Å². The van der Waals surface area contributed by atoms with Crippen LogP contribution in [0.15, 0.2) is 24.3 Å². The third-order valence-electron chi connectivity index (χ3n) is 3.64. The lowest BCUT2D eigenvalue weighted by Crippen LogP contribution is -2.34. The van der Waals surface area contributed by atoms with Crippen LogP contribution in [0.25, 0.3) is 0 Å². The van der Waals surface area contributed by atoms with E-state index in [9.17, 15) is 4.79 Å². The van der Waals surface area contributed by atoms with Gasteiger partial charge in [-0.15, -0.1) is 12.4 Å². The summed E-state index contributed by atoms with van der Waals surface area (Å²) >= 11 is 0. The van der Waals surface area contributed by atoms with Gasteiger partial charge in [0.1, 0.15) is 12.4 Å². The van der Waals surface area contributed by atoms with Crippen LogP contribution < -0.4 is 15.4 Å². The lowest BCUT2D eigenvalue weighted by molar-refractivity contribution is -0.120. The number of piperidine rings is 1. The lowest BCUT2D eigenvalue weighted by Gasteiger charge is -2.21. The zero-order chi connectivity index (χ0) is 15.1. The second-order valence-electron chi connectivity index (χ2n) is 5.69. The highest BCUT2D eigenvalue weighted by molar-refractivity contribution is 5.92. The molecule has 1 aromatic rings. The maximum absolute atomic E-state index is 12.1. The van der Waals surface area contributed by atoms with Crippen molar-refractivity contribution >= 4 is 24.0 Å². The van der Waals surface area contributed by atoms with Crippen molar-refractivity contribution in [2.45, 2.75) is 12.8 Å². The van der Waals surface area contributed by atoms with Gasteiger partial charge in [-0.1, -0.05) is 0 Å². The molecule has 0 unspecified atom stereocenters. The molecular formula is C16H26ClN3O2. The monoisotopic (exact) mass is 327 g/mol. The molecule has 0 atom stereocenters. The fourth-order valence-electron chi connectivity index (χ4n) is 2.31. The second-order valence-corrected chi connectivity index (χ2v) is 5.69. The Bertz CT molecular complexity index is 445. The fourth-order valence-corrected chi connectivity index (χ4v) is 2.31. The molecule has 124 valence electrons. The molecule has 0 spiro atoms. The highest BCUT2D eigenvalue weighted by Gasteiger charge is 2.20. The van der Waals surface area contributed by atoms with Gasteiger partial charge in [0.05, 0.1) is 0 Å². The smallest absolute Gasteiger partial charge is 0.227 e. The van der Waals surface area contributed by atoms with E-state index >= 15 is 0 Å². The molecule has 2 rings (SSSR count). The van der Waals surface area contributed by atoms with Gasteiger partial charge in [0.25, 0.3) is 0 Å². The first-order chi connectivity index (χ1) is 10.1. The van der Waals surface area contributed by atoms with E-state index in [1.54, 1.807) is 0 Å². The van der Waals surface area contributed by atoms with Gasteiger partial charge in [-0.3, -0.25) is 4.79 Å². The van der Waals surface area contributed by atoms with Crippen LogP contribution in [0.5, 0.6) is 5.75 Å². The first-order valence-corrected chi connectivity index (χ1v) is 7.54. The molecular weight excluding hydrogens is 302 g/mol. The molecule has 0 aliphatic carbocycles. The fraction of sp³-hybridized carbons (Fsp3) is 0.562. The topological polar surface area (TPSA) is 53.6 Å². The number of hydrogen-bond donors (Lipinski definition) is 2. The molecule has 2 N–H and O–H groups in total. The average Bonchev–Trinajstić information content (AvgIpc) is 2.49. The molecule has 1 fully saturated rings. The number of halogens is 1. The van der Waals surface area contributed by atoms with Crippen molar-refractivity contribution in [3.8, 4) is 5.75 Å². The van der Waals surface area contributed by atoms with E-state index in [-0.39, 0.29) is 24.2 Å². The van der Waals surface area contributed by atoms with E-state index in [4.69, 9.17) is 4.74 Å². The van der Waals surface area contributed by atoms with E-state index < -0.39 is 0 Å². The van der Waals surface area contributed by atoms with Gasteiger partial charge in [-0.05, 0) is 64.3 Å². The Kier molecular flexibility index (Phi) is 8.24. The van der Waals surface area contributed by atoms with Crippen LogP contribution in [0.1, 0.15) is 12.8 Å². The number of rotatable bonds is 6. The van der Waals surface area contributed by atoms with E-state index in [2.05, 4.69) is 15.5 Å². The Morgan fingerprint density at radius 1 is 1.27 bits per heavy atom. The van der Waals surface area contributed by atoms with E-state index in [1.807, 2.05) is 38.4 Å². The third kappa shape index (κ3) is 6.22. The summed E-state index contributed by atoms with van der Waals surface area (Å²) in [5.74, 6) is 1.08. The van der Waals surface area contributed by atoms with Crippen molar-refractivity contribution in [1.29, 1.82) is 0 Å². The van der Waals surface area contributed by atoms with Gasteiger partial charge in [0, 0.05) is 18.2 Å². The van der Waals surface area contributed by atoms with Crippen LogP contribution in [-0.4, -0.2) is 51.1 Å². The number of hydrogen-bond acceptors (Lipinski definition) is 4. The summed E-state index contributed by atoms with van der Waals surface area (Å²) in [7, 11) is 4.03. The first kappa shape index (κ1) is 18.7. The normalized spacial score (nSPS) is 15.2. The second kappa shape index (κ2) is 9.66. The molecule has 0 aromatic heterocycles. The molecule has 1 aromatic carbocycles. The van der Waals surface area contributed by atoms with E-state index in [0.29, 0.717) is 6.61 Å². The molecule has 1 saturated heterocycles. The number of carbonyl (C=O) groups excluding carboxylic acids is 1. The first-order valence-electron chi connectivity index (χ1n) is 7.54. The summed E-state index contributed by atoms with van der Waals surface area (Å²) in [6.45, 7) is 3.40. The van der Waals surface area contributed by atoms with Gasteiger partial charge < -0.3 is 20.3 Å². The number of carbonyl (C=O) groups is 1. The van der Waals surface area contributed by atoms with Crippen LogP contribution >= 0.6 is 12.4 Å². The molecule has 1 heterocycles. The number of likely N-dealkylation sites (N-methyl/N-ethyl adjacent to an activating group) is 1. The van der Waals surface area contributed by atoms with Crippen LogP contribution in [0.3, 0.4) is 0 Å². The Labute approximate surface area is 138 Å². The van der Waals surface area contributed by atoms with Crippen LogP contribution in [0.2, 0.25) is 0 Å². The molecule has 22 heavy (non-hydrogen) atoms. The number of amides is 1. The Hall–Kier alpha value is -1.30. The zero-order valence-electron chi connectivity index (χ0n) is 13.3. The summed E-state index contributed by atoms with van der Waals surface area (Å²) < 4.78 is 5.63. The summed E-state index contributed by atoms with van der Waals surface area (Å²) in [5, 5.41) is 6.25. The summed E-state index contributed by atoms with van der Waals surface area (Å²) in [6.07, 6.45) is 1.83. The molecule has 0 bridgehead atoms. The lowest BCUT2D eigenvalue weighted by atomic mass is 9.97. The number of nitrogens with one attached hydrogen (secondary N) is 2. The number of anilines is 1. The highest BCUT2D eigenvalue weighted by Crippen LogP contribution is 2.18. The molecule has 1 aliphatic rings. The van der Waals surface area contributed by atoms with Gasteiger partial charge in [-0.2, -0.15) is 0 Å². The maximum atomic E-state index is 12.1. The minimum absolute atomic E-state index is 0. The van der Waals surface area contributed by atoms with Crippen molar-refractivity contribution in [3.63, 3.8) is 0 Å². The third-order valence-corrected chi connectivity index (χ3v) is 3.64. The molecule has 6 heteroatoms. The van der Waals surface area contributed by atoms with Crippen molar-refractivity contribution in [2.24, 2.45) is 5.92 Å². The minimum Gasteiger partial charge on any atom is -0.492 e. The predicted octanol–water partition coefficient (Wildman–Crippen LogP) is 1.99. The molecule has 0 saturated carbocycles. The number of nitrogens with zero attached hydrogens (tertiary/aromatic N) is 1. The molecule has 0 radical (unpaired) electrons. The summed E-state index contributed by atoms with van der Waals surface area (Å²) in [6, 6.07) is 7.58. The Morgan fingerprint density at radius 2 is 1.91 bits per heavy atom. The molecule has 1 amide bonds. The largest absolute Gasteiger partial charge is 0.492 e. The summed E-state index contributed by atoms with van der Waals surface area (Å²) in [5.41, 5.74) is 0.832. The van der Waals surface area contributed by atoms with Crippen LogP contribution in [-0.2, 0) is 4.79 Å². The zero-order valence-corrected chi connectivity index (χ0v) is 14.1.